The Morgan fingerprint density at radius 1 is 0.792 bits per heavy atom. The Bertz CT molecular complexity index is 814. The maximum atomic E-state index is 12.4. The Balaban J connectivity index is 2.60. The van der Waals surface area contributed by atoms with Crippen molar-refractivity contribution in [2.75, 3.05) is 0 Å². The average molecular weight is 452 g/mol. The van der Waals surface area contributed by atoms with Gasteiger partial charge in [0.25, 0.3) is 20.0 Å². The number of hydrogen-bond donors (Lipinski definition) is 0. The van der Waals surface area contributed by atoms with Crippen LogP contribution < -0.4 is 0 Å². The largest absolute Gasteiger partial charge is 0.270 e. The molecule has 2 rings (SSSR count). The maximum Gasteiger partial charge on any atom is 0.270 e. The summed E-state index contributed by atoms with van der Waals surface area (Å²) in [4.78, 5) is 0. The lowest BCUT2D eigenvalue weighted by Crippen LogP contribution is -2.49. The molecule has 12 heteroatoms. The van der Waals surface area contributed by atoms with Crippen LogP contribution in [0, 0.1) is 0 Å². The molecule has 0 unspecified atom stereocenters. The second kappa shape index (κ2) is 7.13. The lowest BCUT2D eigenvalue weighted by molar-refractivity contribution is 0.550. The first-order valence-electron chi connectivity index (χ1n) is 6.23. The average Bonchev–Trinajstić information content (AvgIpc) is 2.55. The van der Waals surface area contributed by atoms with Crippen LogP contribution in [-0.4, -0.2) is 27.6 Å². The Hall–Kier alpha value is -0.320. The van der Waals surface area contributed by atoms with Gasteiger partial charge in [0, 0.05) is 53.0 Å². The van der Waals surface area contributed by atoms with Crippen molar-refractivity contribution in [1.29, 1.82) is 0 Å². The molecule has 0 radical (unpaired) electrons. The first kappa shape index (κ1) is 20.0. The van der Waals surface area contributed by atoms with Crippen LogP contribution in [0.25, 0.3) is 0 Å². The topological polar surface area (TPSA) is 74.8 Å². The van der Waals surface area contributed by atoms with Gasteiger partial charge in [-0.1, -0.05) is 42.5 Å². The molecule has 1 aromatic carbocycles. The molecule has 0 amide bonds. The zero-order valence-corrected chi connectivity index (χ0v) is 16.3. The number of benzene rings is 1. The summed E-state index contributed by atoms with van der Waals surface area (Å²) < 4.78 is 46.6. The third kappa shape index (κ3) is 3.22. The molecule has 0 spiro atoms. The van der Waals surface area contributed by atoms with E-state index in [1.165, 1.54) is 12.2 Å². The van der Waals surface area contributed by atoms with Crippen LogP contribution in [0.5, 0.6) is 0 Å². The fourth-order valence-corrected chi connectivity index (χ4v) is 6.99. The van der Waals surface area contributed by atoms with Gasteiger partial charge in [-0.3, -0.25) is 0 Å². The van der Waals surface area contributed by atoms with Crippen molar-refractivity contribution in [2.45, 2.75) is 10.00 Å². The Kier molecular flexibility index (Phi) is 5.94. The van der Waals surface area contributed by atoms with E-state index in [1.54, 1.807) is 24.3 Å². The molecule has 0 bridgehead atoms. The molecule has 0 heterocycles. The van der Waals surface area contributed by atoms with E-state index in [9.17, 15) is 16.8 Å². The van der Waals surface area contributed by atoms with E-state index in [1.807, 2.05) is 6.07 Å². The number of sulfonamides is 2. The third-order valence-corrected chi connectivity index (χ3v) is 9.75. The van der Waals surface area contributed by atoms with Gasteiger partial charge in [-0.05, 0) is 24.4 Å². The molecule has 132 valence electrons. The SMILES string of the molecule is O=S(=O)(N(Cl)Cl)C1(S(=O)(=O)N(Cl)Cl)C=CC(c2ccccc2)C=C1. The standard InChI is InChI=1S/C12H10Cl4N2O4S2/c13-17(14)23(19,20)12(24(21,22)18(15)16)8-6-11(7-9-12)10-4-2-1-3-5-10/h1-9,11H. The van der Waals surface area contributed by atoms with Gasteiger partial charge in [-0.25, -0.2) is 16.8 Å². The van der Waals surface area contributed by atoms with Crippen molar-refractivity contribution in [3.05, 3.63) is 60.2 Å². The molecule has 0 atom stereocenters. The Labute approximate surface area is 160 Å². The Morgan fingerprint density at radius 2 is 1.21 bits per heavy atom. The number of nitrogens with zero attached hydrogens (tertiary/aromatic N) is 2. The number of rotatable bonds is 5. The molecule has 1 aromatic rings. The lowest BCUT2D eigenvalue weighted by atomic mass is 9.95. The van der Waals surface area contributed by atoms with Crippen LogP contribution in [0.4, 0.5) is 0 Å². The van der Waals surface area contributed by atoms with Gasteiger partial charge in [0.15, 0.2) is 0 Å². The number of halogens is 4. The van der Waals surface area contributed by atoms with Crippen LogP contribution in [0.15, 0.2) is 54.6 Å². The quantitative estimate of drug-likeness (QED) is 0.507. The van der Waals surface area contributed by atoms with Crippen LogP contribution >= 0.6 is 47.1 Å². The van der Waals surface area contributed by atoms with Crippen molar-refractivity contribution < 1.29 is 16.8 Å². The van der Waals surface area contributed by atoms with Gasteiger partial charge in [-0.2, -0.15) is 0 Å². The van der Waals surface area contributed by atoms with Crippen LogP contribution in [-0.2, 0) is 20.0 Å². The van der Waals surface area contributed by atoms with Crippen molar-refractivity contribution in [3.63, 3.8) is 0 Å². The summed E-state index contributed by atoms with van der Waals surface area (Å²) in [6, 6.07) is 9.02. The van der Waals surface area contributed by atoms with E-state index in [0.29, 0.717) is 0 Å². The first-order chi connectivity index (χ1) is 11.1. The highest BCUT2D eigenvalue weighted by molar-refractivity contribution is 8.10. The minimum absolute atomic E-state index is 0.237. The summed E-state index contributed by atoms with van der Waals surface area (Å²) in [5, 5.41) is 0. The summed E-state index contributed by atoms with van der Waals surface area (Å²) in [5.41, 5.74) is 0.829. The summed E-state index contributed by atoms with van der Waals surface area (Å²) in [7, 11) is -9.56. The molecule has 0 aliphatic heterocycles. The molecule has 1 aliphatic rings. The summed E-state index contributed by atoms with van der Waals surface area (Å²) >= 11 is 21.3. The molecule has 1 aliphatic carbocycles. The molecule has 0 aromatic heterocycles. The van der Waals surface area contributed by atoms with E-state index < -0.39 is 24.1 Å². The number of hydrogen-bond acceptors (Lipinski definition) is 4. The molecule has 0 saturated heterocycles. The van der Waals surface area contributed by atoms with Crippen LogP contribution in [0.2, 0.25) is 0 Å². The maximum absolute atomic E-state index is 12.4. The van der Waals surface area contributed by atoms with E-state index in [-0.39, 0.29) is 12.6 Å². The van der Waals surface area contributed by atoms with Crippen molar-refractivity contribution >= 4 is 67.2 Å². The van der Waals surface area contributed by atoms with E-state index >= 15 is 0 Å². The molecular weight excluding hydrogens is 442 g/mol. The lowest BCUT2D eigenvalue weighted by Gasteiger charge is -2.31. The molecule has 24 heavy (non-hydrogen) atoms. The zero-order valence-electron chi connectivity index (χ0n) is 11.6. The van der Waals surface area contributed by atoms with E-state index in [4.69, 9.17) is 47.1 Å². The predicted octanol–water partition coefficient (Wildman–Crippen LogP) is 3.47. The van der Waals surface area contributed by atoms with Crippen molar-refractivity contribution in [1.82, 2.24) is 6.69 Å². The first-order valence-corrected chi connectivity index (χ1v) is 10.5. The third-order valence-electron chi connectivity index (χ3n) is 3.43. The van der Waals surface area contributed by atoms with Crippen LogP contribution in [0.1, 0.15) is 11.5 Å². The second-order valence-corrected chi connectivity index (χ2v) is 11.5. The summed E-state index contributed by atoms with van der Waals surface area (Å²) in [5.74, 6) is -0.345. The monoisotopic (exact) mass is 450 g/mol. The Morgan fingerprint density at radius 3 is 1.58 bits per heavy atom. The molecule has 6 nitrogen and oxygen atoms in total. The normalized spacial score (nSPS) is 18.4. The minimum Gasteiger partial charge on any atom is -0.207 e. The fraction of sp³-hybridized carbons (Fsp3) is 0.167. The van der Waals surface area contributed by atoms with Crippen LogP contribution in [0.3, 0.4) is 0 Å². The summed E-state index contributed by atoms with van der Waals surface area (Å²) in [6.07, 6.45) is 4.65. The van der Waals surface area contributed by atoms with Gasteiger partial charge in [0.2, 0.25) is 4.08 Å². The molecular formula is C12H10Cl4N2O4S2. The van der Waals surface area contributed by atoms with Gasteiger partial charge in [0.1, 0.15) is 0 Å². The highest BCUT2D eigenvalue weighted by Gasteiger charge is 2.57. The van der Waals surface area contributed by atoms with Gasteiger partial charge in [-0.15, -0.1) is 0 Å². The van der Waals surface area contributed by atoms with Gasteiger partial charge >= 0.3 is 0 Å². The molecule has 0 N–H and O–H groups in total. The van der Waals surface area contributed by atoms with Gasteiger partial charge in [0.05, 0.1) is 0 Å². The highest BCUT2D eigenvalue weighted by atomic mass is 35.6. The number of allylic oxidation sites excluding steroid dienone is 2. The summed E-state index contributed by atoms with van der Waals surface area (Å²) in [6.45, 7) is 0. The highest BCUT2D eigenvalue weighted by Crippen LogP contribution is 2.41. The smallest absolute Gasteiger partial charge is 0.207 e. The van der Waals surface area contributed by atoms with Crippen molar-refractivity contribution in [3.8, 4) is 0 Å². The second-order valence-electron chi connectivity index (χ2n) is 4.73. The van der Waals surface area contributed by atoms with E-state index in [2.05, 4.69) is 0 Å². The zero-order chi connectivity index (χ0) is 18.2. The van der Waals surface area contributed by atoms with E-state index in [0.717, 1.165) is 17.7 Å². The predicted molar refractivity (Wildman–Crippen MR) is 95.1 cm³/mol. The molecule has 0 saturated carbocycles. The van der Waals surface area contributed by atoms with Gasteiger partial charge < -0.3 is 0 Å². The molecule has 0 fully saturated rings. The minimum atomic E-state index is -4.78. The van der Waals surface area contributed by atoms with Crippen molar-refractivity contribution in [2.24, 2.45) is 0 Å². The fourth-order valence-electron chi connectivity index (χ4n) is 2.19.